The van der Waals surface area contributed by atoms with Gasteiger partial charge < -0.3 is 5.11 Å². The number of benzene rings is 2. The Hall–Kier alpha value is -1.67. The number of ketones is 1. The maximum absolute atomic E-state index is 13.6. The molecule has 3 aromatic rings. The molecule has 0 radical (unpaired) electrons. The van der Waals surface area contributed by atoms with Crippen molar-refractivity contribution < 1.29 is 23.1 Å². The Labute approximate surface area is 160 Å². The lowest BCUT2D eigenvalue weighted by Gasteiger charge is -2.30. The summed E-state index contributed by atoms with van der Waals surface area (Å²) in [6, 6.07) is 9.90. The quantitative estimate of drug-likeness (QED) is 0.557. The molecule has 0 fully saturated rings. The molecule has 0 spiro atoms. The molecule has 1 heterocycles. The van der Waals surface area contributed by atoms with Crippen LogP contribution in [0.3, 0.4) is 0 Å². The summed E-state index contributed by atoms with van der Waals surface area (Å²) in [5, 5.41) is 10.1. The smallest absolute Gasteiger partial charge is 0.376 e. The first kappa shape index (κ1) is 19.1. The summed E-state index contributed by atoms with van der Waals surface area (Å²) in [6.07, 6.45) is -6.35. The van der Waals surface area contributed by atoms with Crippen LogP contribution in [-0.4, -0.2) is 22.1 Å². The number of Topliss-reactive ketones (excluding diaryl/α,β-unsaturated/α-hetero) is 1. The monoisotopic (exact) mass is 419 g/mol. The predicted octanol–water partition coefficient (Wildman–Crippen LogP) is 5.63. The molecule has 2 aromatic carbocycles. The van der Waals surface area contributed by atoms with E-state index in [1.54, 1.807) is 24.3 Å². The first-order chi connectivity index (χ1) is 12.1. The minimum Gasteiger partial charge on any atom is -0.376 e. The Morgan fingerprint density at radius 1 is 1.12 bits per heavy atom. The molecular weight excluding hydrogens is 410 g/mol. The Kier molecular flexibility index (Phi) is 5.00. The van der Waals surface area contributed by atoms with Crippen LogP contribution in [0.5, 0.6) is 0 Å². The highest BCUT2D eigenvalue weighted by Gasteiger charge is 2.56. The van der Waals surface area contributed by atoms with Crippen LogP contribution >= 0.6 is 34.5 Å². The molecular formula is C17H10Cl2F3NO2S. The van der Waals surface area contributed by atoms with Gasteiger partial charge in [-0.25, -0.2) is 4.98 Å². The SMILES string of the molecule is O=C(CC(O)(c1cc(Cl)cc(Cl)c1)C(F)(F)F)c1nc2ccccc2s1. The van der Waals surface area contributed by atoms with Gasteiger partial charge in [-0.1, -0.05) is 35.3 Å². The summed E-state index contributed by atoms with van der Waals surface area (Å²) in [5.74, 6) is -0.929. The van der Waals surface area contributed by atoms with Crippen molar-refractivity contribution in [1.29, 1.82) is 0 Å². The lowest BCUT2D eigenvalue weighted by Crippen LogP contribution is -2.44. The van der Waals surface area contributed by atoms with E-state index in [-0.39, 0.29) is 15.1 Å². The van der Waals surface area contributed by atoms with Gasteiger partial charge in [-0.15, -0.1) is 11.3 Å². The van der Waals surface area contributed by atoms with E-state index in [4.69, 9.17) is 23.2 Å². The van der Waals surface area contributed by atoms with Gasteiger partial charge in [-0.3, -0.25) is 4.79 Å². The van der Waals surface area contributed by atoms with Gasteiger partial charge in [0.1, 0.15) is 0 Å². The zero-order valence-corrected chi connectivity index (χ0v) is 15.2. The third-order valence-corrected chi connectivity index (χ3v) is 5.27. The number of alkyl halides is 3. The standard InChI is InChI=1S/C17H10Cl2F3NO2S/c18-10-5-9(6-11(19)7-10)16(25,17(20,21)22)8-13(24)15-23-12-3-1-2-4-14(12)26-15/h1-7,25H,8H2. The molecule has 0 amide bonds. The van der Waals surface area contributed by atoms with Crippen molar-refractivity contribution in [3.8, 4) is 0 Å². The number of aliphatic hydroxyl groups is 1. The molecule has 3 rings (SSSR count). The second-order valence-electron chi connectivity index (χ2n) is 5.60. The zero-order chi connectivity index (χ0) is 19.1. The van der Waals surface area contributed by atoms with Crippen molar-refractivity contribution in [2.75, 3.05) is 0 Å². The van der Waals surface area contributed by atoms with E-state index in [0.717, 1.165) is 23.5 Å². The fourth-order valence-electron chi connectivity index (χ4n) is 2.46. The molecule has 1 N–H and O–H groups in total. The Balaban J connectivity index is 2.02. The fraction of sp³-hybridized carbons (Fsp3) is 0.176. The third kappa shape index (κ3) is 3.57. The molecule has 1 aromatic heterocycles. The van der Waals surface area contributed by atoms with Crippen molar-refractivity contribution in [2.24, 2.45) is 0 Å². The highest BCUT2D eigenvalue weighted by Crippen LogP contribution is 2.44. The van der Waals surface area contributed by atoms with Crippen molar-refractivity contribution in [1.82, 2.24) is 4.98 Å². The first-order valence-corrected chi connectivity index (χ1v) is 8.82. The van der Waals surface area contributed by atoms with Gasteiger partial charge in [-0.2, -0.15) is 13.2 Å². The van der Waals surface area contributed by atoms with Gasteiger partial charge >= 0.3 is 6.18 Å². The Morgan fingerprint density at radius 2 is 1.73 bits per heavy atom. The largest absolute Gasteiger partial charge is 0.421 e. The summed E-state index contributed by atoms with van der Waals surface area (Å²) >= 11 is 12.5. The van der Waals surface area contributed by atoms with Crippen LogP contribution in [0.15, 0.2) is 42.5 Å². The van der Waals surface area contributed by atoms with E-state index in [9.17, 15) is 23.1 Å². The molecule has 0 saturated heterocycles. The first-order valence-electron chi connectivity index (χ1n) is 7.24. The Morgan fingerprint density at radius 3 is 2.31 bits per heavy atom. The molecule has 9 heteroatoms. The summed E-state index contributed by atoms with van der Waals surface area (Å²) in [6.45, 7) is 0. The molecule has 0 bridgehead atoms. The number of carbonyl (C=O) groups is 1. The second-order valence-corrected chi connectivity index (χ2v) is 7.51. The second kappa shape index (κ2) is 6.81. The molecule has 3 nitrogen and oxygen atoms in total. The van der Waals surface area contributed by atoms with Crippen LogP contribution in [0.4, 0.5) is 13.2 Å². The van der Waals surface area contributed by atoms with Gasteiger partial charge in [0, 0.05) is 10.0 Å². The minimum absolute atomic E-state index is 0.0809. The van der Waals surface area contributed by atoms with Crippen molar-refractivity contribution in [2.45, 2.75) is 18.2 Å². The number of hydrogen-bond acceptors (Lipinski definition) is 4. The molecule has 0 saturated carbocycles. The van der Waals surface area contributed by atoms with E-state index in [0.29, 0.717) is 10.2 Å². The highest BCUT2D eigenvalue weighted by molar-refractivity contribution is 7.20. The number of rotatable bonds is 4. The topological polar surface area (TPSA) is 50.2 Å². The Bertz CT molecular complexity index is 936. The summed E-state index contributed by atoms with van der Waals surface area (Å²) in [5.41, 5.74) is -3.53. The van der Waals surface area contributed by atoms with E-state index < -0.39 is 29.5 Å². The van der Waals surface area contributed by atoms with Crippen molar-refractivity contribution in [3.05, 3.63) is 63.1 Å². The van der Waals surface area contributed by atoms with Gasteiger partial charge in [0.05, 0.1) is 16.6 Å². The average Bonchev–Trinajstić information content (AvgIpc) is 2.97. The number of thiazole rings is 1. The van der Waals surface area contributed by atoms with Crippen molar-refractivity contribution >= 4 is 50.5 Å². The summed E-state index contributed by atoms with van der Waals surface area (Å²) in [4.78, 5) is 16.5. The average molecular weight is 420 g/mol. The van der Waals surface area contributed by atoms with E-state index in [1.807, 2.05) is 0 Å². The number of fused-ring (bicyclic) bond motifs is 1. The van der Waals surface area contributed by atoms with E-state index >= 15 is 0 Å². The lowest BCUT2D eigenvalue weighted by molar-refractivity contribution is -0.264. The predicted molar refractivity (Wildman–Crippen MR) is 95.0 cm³/mol. The van der Waals surface area contributed by atoms with Gasteiger partial charge in [0.2, 0.25) is 0 Å². The molecule has 0 aliphatic carbocycles. The maximum atomic E-state index is 13.6. The van der Waals surface area contributed by atoms with Crippen LogP contribution in [-0.2, 0) is 5.60 Å². The molecule has 1 atom stereocenters. The minimum atomic E-state index is -5.12. The zero-order valence-electron chi connectivity index (χ0n) is 12.8. The van der Waals surface area contributed by atoms with Gasteiger partial charge in [-0.05, 0) is 35.9 Å². The number of aromatic nitrogens is 1. The van der Waals surface area contributed by atoms with E-state index in [1.165, 1.54) is 6.07 Å². The van der Waals surface area contributed by atoms with E-state index in [2.05, 4.69) is 4.98 Å². The van der Waals surface area contributed by atoms with Gasteiger partial charge in [0.25, 0.3) is 0 Å². The van der Waals surface area contributed by atoms with Crippen LogP contribution in [0.25, 0.3) is 10.2 Å². The molecule has 136 valence electrons. The molecule has 1 unspecified atom stereocenters. The highest BCUT2D eigenvalue weighted by atomic mass is 35.5. The van der Waals surface area contributed by atoms with Crippen molar-refractivity contribution in [3.63, 3.8) is 0 Å². The van der Waals surface area contributed by atoms with Crippen LogP contribution in [0.2, 0.25) is 10.0 Å². The fourth-order valence-corrected chi connectivity index (χ4v) is 3.89. The number of hydrogen-bond donors (Lipinski definition) is 1. The summed E-state index contributed by atoms with van der Waals surface area (Å²) in [7, 11) is 0. The van der Waals surface area contributed by atoms with Crippen LogP contribution in [0, 0.1) is 0 Å². The molecule has 0 aliphatic heterocycles. The third-order valence-electron chi connectivity index (χ3n) is 3.76. The van der Waals surface area contributed by atoms with Gasteiger partial charge in [0.15, 0.2) is 16.4 Å². The number of nitrogens with zero attached hydrogens (tertiary/aromatic N) is 1. The van der Waals surface area contributed by atoms with Crippen LogP contribution in [0.1, 0.15) is 21.8 Å². The number of halogens is 5. The maximum Gasteiger partial charge on any atom is 0.421 e. The number of carbonyl (C=O) groups excluding carboxylic acids is 1. The summed E-state index contributed by atoms with van der Waals surface area (Å²) < 4.78 is 41.5. The van der Waals surface area contributed by atoms with Crippen LogP contribution < -0.4 is 0 Å². The number of para-hydroxylation sites is 1. The normalized spacial score (nSPS) is 14.4. The molecule has 0 aliphatic rings. The lowest BCUT2D eigenvalue weighted by atomic mass is 9.88. The molecule has 26 heavy (non-hydrogen) atoms.